The van der Waals surface area contributed by atoms with Crippen LogP contribution in [-0.4, -0.2) is 53.6 Å². The minimum Gasteiger partial charge on any atom is -0.461 e. The predicted molar refractivity (Wildman–Crippen MR) is 112 cm³/mol. The highest BCUT2D eigenvalue weighted by molar-refractivity contribution is 6.29. The first-order valence-corrected chi connectivity index (χ1v) is 10.1. The highest BCUT2D eigenvalue weighted by Crippen LogP contribution is 2.22. The number of fused-ring (bicyclic) bond motifs is 1. The van der Waals surface area contributed by atoms with Gasteiger partial charge in [-0.2, -0.15) is 19.5 Å². The Hall–Kier alpha value is -3.24. The second kappa shape index (κ2) is 7.88. The Morgan fingerprint density at radius 1 is 1.27 bits per heavy atom. The average molecular weight is 426 g/mol. The molecule has 0 bridgehead atoms. The summed E-state index contributed by atoms with van der Waals surface area (Å²) in [5.74, 6) is 1.97. The fourth-order valence-electron chi connectivity index (χ4n) is 3.71. The quantitative estimate of drug-likeness (QED) is 0.448. The number of nitrogens with two attached hydrogens (primary N) is 1. The van der Waals surface area contributed by atoms with Gasteiger partial charge in [0, 0.05) is 25.3 Å². The fraction of sp³-hybridized carbons (Fsp3) is 0.316. The first-order chi connectivity index (χ1) is 14.7. The van der Waals surface area contributed by atoms with Gasteiger partial charge in [-0.05, 0) is 49.2 Å². The van der Waals surface area contributed by atoms with Gasteiger partial charge in [0.15, 0.2) is 5.76 Å². The molecule has 10 nitrogen and oxygen atoms in total. The van der Waals surface area contributed by atoms with Crippen LogP contribution in [0.3, 0.4) is 0 Å². The van der Waals surface area contributed by atoms with E-state index in [1.165, 1.54) is 4.52 Å². The normalized spacial score (nSPS) is 17.0. The molecule has 3 N–H and O–H groups in total. The van der Waals surface area contributed by atoms with Gasteiger partial charge in [0.05, 0.1) is 6.26 Å². The largest absolute Gasteiger partial charge is 0.461 e. The van der Waals surface area contributed by atoms with Gasteiger partial charge < -0.3 is 15.5 Å². The number of pyridine rings is 1. The van der Waals surface area contributed by atoms with Gasteiger partial charge in [0.25, 0.3) is 5.78 Å². The first-order valence-electron chi connectivity index (χ1n) is 9.68. The Bertz CT molecular complexity index is 1160. The molecule has 4 aromatic rings. The molecule has 1 unspecified atom stereocenters. The van der Waals surface area contributed by atoms with Crippen molar-refractivity contribution in [2.45, 2.75) is 25.4 Å². The van der Waals surface area contributed by atoms with Crippen molar-refractivity contribution in [1.82, 2.24) is 34.4 Å². The van der Waals surface area contributed by atoms with Crippen LogP contribution in [0.5, 0.6) is 0 Å². The maximum absolute atomic E-state index is 6.06. The molecule has 11 heteroatoms. The van der Waals surface area contributed by atoms with Crippen molar-refractivity contribution in [3.05, 3.63) is 47.4 Å². The maximum atomic E-state index is 6.06. The van der Waals surface area contributed by atoms with Gasteiger partial charge in [-0.3, -0.25) is 4.90 Å². The highest BCUT2D eigenvalue weighted by Gasteiger charge is 2.25. The molecule has 1 aliphatic heterocycles. The summed E-state index contributed by atoms with van der Waals surface area (Å²) in [7, 11) is 0. The van der Waals surface area contributed by atoms with E-state index in [9.17, 15) is 0 Å². The maximum Gasteiger partial charge on any atom is 0.259 e. The van der Waals surface area contributed by atoms with Crippen molar-refractivity contribution in [2.75, 3.05) is 24.1 Å². The molecule has 5 heterocycles. The standard InChI is InChI=1S/C19H20ClN9O/c20-15-9-12(5-6-22-15)11-28-7-1-3-13(28)10-23-18-25-17(21)29-19(26-18)24-16(27-29)14-4-2-8-30-14/h2,4-6,8-9,13H,1,3,7,10-11H2,(H3,21,23,24,25,26,27). The van der Waals surface area contributed by atoms with Crippen molar-refractivity contribution in [2.24, 2.45) is 0 Å². The van der Waals surface area contributed by atoms with E-state index in [4.69, 9.17) is 21.8 Å². The van der Waals surface area contributed by atoms with Crippen LogP contribution >= 0.6 is 11.6 Å². The molecule has 0 aliphatic carbocycles. The number of likely N-dealkylation sites (tertiary alicyclic amines) is 1. The van der Waals surface area contributed by atoms with Gasteiger partial charge in [-0.1, -0.05) is 11.6 Å². The number of hydrogen-bond acceptors (Lipinski definition) is 9. The molecule has 1 fully saturated rings. The average Bonchev–Trinajstić information content (AvgIpc) is 3.47. The van der Waals surface area contributed by atoms with E-state index in [1.807, 2.05) is 12.1 Å². The Morgan fingerprint density at radius 2 is 2.20 bits per heavy atom. The van der Waals surface area contributed by atoms with Crippen molar-refractivity contribution < 1.29 is 4.42 Å². The molecule has 4 aromatic heterocycles. The molecule has 1 saturated heterocycles. The van der Waals surface area contributed by atoms with Crippen LogP contribution in [0.4, 0.5) is 11.9 Å². The molecule has 30 heavy (non-hydrogen) atoms. The summed E-state index contributed by atoms with van der Waals surface area (Å²) in [6.45, 7) is 2.56. The zero-order valence-electron chi connectivity index (χ0n) is 16.1. The number of rotatable bonds is 6. The molecule has 0 radical (unpaired) electrons. The van der Waals surface area contributed by atoms with E-state index in [0.717, 1.165) is 31.5 Å². The zero-order chi connectivity index (χ0) is 20.5. The van der Waals surface area contributed by atoms with Gasteiger partial charge >= 0.3 is 0 Å². The number of halogens is 1. The van der Waals surface area contributed by atoms with E-state index < -0.39 is 0 Å². The van der Waals surface area contributed by atoms with Crippen LogP contribution < -0.4 is 11.1 Å². The number of hydrogen-bond donors (Lipinski definition) is 2. The number of anilines is 2. The lowest BCUT2D eigenvalue weighted by atomic mass is 10.2. The van der Waals surface area contributed by atoms with Gasteiger partial charge in [-0.15, -0.1) is 5.10 Å². The molecule has 0 spiro atoms. The minimum absolute atomic E-state index is 0.211. The van der Waals surface area contributed by atoms with Gasteiger partial charge in [-0.25, -0.2) is 4.98 Å². The third-order valence-corrected chi connectivity index (χ3v) is 5.35. The third-order valence-electron chi connectivity index (χ3n) is 5.15. The van der Waals surface area contributed by atoms with Gasteiger partial charge in [0.1, 0.15) is 5.15 Å². The summed E-state index contributed by atoms with van der Waals surface area (Å²) in [6, 6.07) is 7.81. The number of nitrogens with zero attached hydrogens (tertiary/aromatic N) is 7. The second-order valence-corrected chi connectivity index (χ2v) is 7.55. The van der Waals surface area contributed by atoms with Crippen LogP contribution in [0.1, 0.15) is 18.4 Å². The number of furan rings is 1. The Labute approximate surface area is 177 Å². The van der Waals surface area contributed by atoms with E-state index in [2.05, 4.69) is 35.3 Å². The van der Waals surface area contributed by atoms with Gasteiger partial charge in [0.2, 0.25) is 17.7 Å². The molecule has 1 aliphatic rings. The smallest absolute Gasteiger partial charge is 0.259 e. The Kier molecular flexibility index (Phi) is 4.93. The van der Waals surface area contributed by atoms with Crippen molar-refractivity contribution in [1.29, 1.82) is 0 Å². The van der Waals surface area contributed by atoms with Crippen molar-refractivity contribution in [3.8, 4) is 11.6 Å². The second-order valence-electron chi connectivity index (χ2n) is 7.16. The van der Waals surface area contributed by atoms with Crippen LogP contribution in [0, 0.1) is 0 Å². The van der Waals surface area contributed by atoms with E-state index in [0.29, 0.717) is 41.1 Å². The van der Waals surface area contributed by atoms with E-state index in [-0.39, 0.29) is 5.95 Å². The van der Waals surface area contributed by atoms with Crippen LogP contribution in [0.25, 0.3) is 17.4 Å². The molecular weight excluding hydrogens is 406 g/mol. The van der Waals surface area contributed by atoms with Crippen LogP contribution in [0.2, 0.25) is 5.15 Å². The Balaban J connectivity index is 1.29. The zero-order valence-corrected chi connectivity index (χ0v) is 16.8. The highest BCUT2D eigenvalue weighted by atomic mass is 35.5. The Morgan fingerprint density at radius 3 is 3.03 bits per heavy atom. The summed E-state index contributed by atoms with van der Waals surface area (Å²) in [5, 5.41) is 8.13. The number of nitrogens with one attached hydrogen (secondary N) is 1. The summed E-state index contributed by atoms with van der Waals surface area (Å²) >= 11 is 6.02. The summed E-state index contributed by atoms with van der Waals surface area (Å²) in [4.78, 5) is 19.6. The molecular formula is C19H20ClN9O. The SMILES string of the molecule is Nc1nc(NCC2CCCN2Cc2ccnc(Cl)c2)nc2nc(-c3ccco3)nn12. The topological polar surface area (TPSA) is 123 Å². The van der Waals surface area contributed by atoms with Crippen molar-refractivity contribution >= 4 is 29.3 Å². The molecule has 0 saturated carbocycles. The third kappa shape index (κ3) is 3.79. The fourth-order valence-corrected chi connectivity index (χ4v) is 3.91. The number of aromatic nitrogens is 6. The molecule has 0 amide bonds. The summed E-state index contributed by atoms with van der Waals surface area (Å²) in [5.41, 5.74) is 7.21. The monoisotopic (exact) mass is 425 g/mol. The summed E-state index contributed by atoms with van der Waals surface area (Å²) < 4.78 is 6.74. The van der Waals surface area contributed by atoms with Crippen LogP contribution in [0.15, 0.2) is 41.1 Å². The lowest BCUT2D eigenvalue weighted by Gasteiger charge is -2.24. The minimum atomic E-state index is 0.211. The molecule has 154 valence electrons. The molecule has 0 aromatic carbocycles. The van der Waals surface area contributed by atoms with E-state index >= 15 is 0 Å². The van der Waals surface area contributed by atoms with Crippen molar-refractivity contribution in [3.63, 3.8) is 0 Å². The molecule has 1 atom stereocenters. The first kappa shape index (κ1) is 18.8. The number of nitrogen functional groups attached to an aromatic ring is 1. The lowest BCUT2D eigenvalue weighted by Crippen LogP contribution is -2.34. The van der Waals surface area contributed by atoms with E-state index in [1.54, 1.807) is 24.6 Å². The molecule has 5 rings (SSSR count). The summed E-state index contributed by atoms with van der Waals surface area (Å²) in [6.07, 6.45) is 5.54. The lowest BCUT2D eigenvalue weighted by molar-refractivity contribution is 0.254. The predicted octanol–water partition coefficient (Wildman–Crippen LogP) is 2.49. The van der Waals surface area contributed by atoms with Crippen LogP contribution in [-0.2, 0) is 6.54 Å².